The van der Waals surface area contributed by atoms with E-state index in [4.69, 9.17) is 4.74 Å². The summed E-state index contributed by atoms with van der Waals surface area (Å²) < 4.78 is 7.41. The van der Waals surface area contributed by atoms with Crippen LogP contribution in [0.4, 0.5) is 0 Å². The molecular formula is C11H21N3O. The van der Waals surface area contributed by atoms with Crippen LogP contribution in [0.1, 0.15) is 19.2 Å². The Labute approximate surface area is 91.7 Å². The number of rotatable bonds is 7. The number of aromatic nitrogens is 2. The molecule has 1 unspecified atom stereocenters. The Morgan fingerprint density at radius 2 is 2.40 bits per heavy atom. The van der Waals surface area contributed by atoms with E-state index in [1.54, 1.807) is 0 Å². The van der Waals surface area contributed by atoms with E-state index in [1.807, 2.05) is 33.4 Å². The first-order valence-electron chi connectivity index (χ1n) is 5.49. The van der Waals surface area contributed by atoms with E-state index in [0.717, 1.165) is 31.9 Å². The highest BCUT2D eigenvalue weighted by atomic mass is 16.5. The molecule has 1 aromatic rings. The summed E-state index contributed by atoms with van der Waals surface area (Å²) in [6.45, 7) is 3.62. The fraction of sp³-hybridized carbons (Fsp3) is 0.727. The number of ether oxygens (including phenoxy) is 1. The van der Waals surface area contributed by atoms with Crippen LogP contribution < -0.4 is 5.32 Å². The van der Waals surface area contributed by atoms with Gasteiger partial charge in [-0.2, -0.15) is 0 Å². The summed E-state index contributed by atoms with van der Waals surface area (Å²) in [6, 6.07) is 0.442. The van der Waals surface area contributed by atoms with Gasteiger partial charge in [0.15, 0.2) is 0 Å². The van der Waals surface area contributed by atoms with E-state index >= 15 is 0 Å². The number of likely N-dealkylation sites (N-methyl/N-ethyl adjacent to an activating group) is 1. The molecule has 1 N–H and O–H groups in total. The number of hydrogen-bond donors (Lipinski definition) is 1. The summed E-state index contributed by atoms with van der Waals surface area (Å²) in [4.78, 5) is 4.31. The van der Waals surface area contributed by atoms with Crippen LogP contribution in [0.5, 0.6) is 0 Å². The average molecular weight is 211 g/mol. The maximum absolute atomic E-state index is 5.35. The van der Waals surface area contributed by atoms with E-state index in [2.05, 4.69) is 14.9 Å². The van der Waals surface area contributed by atoms with Crippen LogP contribution >= 0.6 is 0 Å². The Morgan fingerprint density at radius 1 is 1.60 bits per heavy atom. The quantitative estimate of drug-likeness (QED) is 0.683. The molecule has 1 rings (SSSR count). The predicted molar refractivity (Wildman–Crippen MR) is 60.9 cm³/mol. The Kier molecular flexibility index (Phi) is 5.36. The minimum absolute atomic E-state index is 0.442. The molecule has 0 aromatic carbocycles. The molecule has 0 aliphatic heterocycles. The molecule has 0 saturated heterocycles. The van der Waals surface area contributed by atoms with Crippen molar-refractivity contribution in [1.29, 1.82) is 0 Å². The molecule has 0 fully saturated rings. The standard InChI is InChI=1S/C11H21N3O/c1-4-15-8-5-10(12-2)9-11-13-6-7-14(11)3/h6-7,10,12H,4-5,8-9H2,1-3H3. The van der Waals surface area contributed by atoms with Gasteiger partial charge in [-0.25, -0.2) is 4.98 Å². The monoisotopic (exact) mass is 211 g/mol. The molecule has 0 saturated carbocycles. The van der Waals surface area contributed by atoms with Gasteiger partial charge in [0.25, 0.3) is 0 Å². The Morgan fingerprint density at radius 3 is 2.93 bits per heavy atom. The van der Waals surface area contributed by atoms with Crippen molar-refractivity contribution >= 4 is 0 Å². The lowest BCUT2D eigenvalue weighted by molar-refractivity contribution is 0.137. The number of hydrogen-bond acceptors (Lipinski definition) is 3. The average Bonchev–Trinajstić information content (AvgIpc) is 2.63. The smallest absolute Gasteiger partial charge is 0.109 e. The highest BCUT2D eigenvalue weighted by Gasteiger charge is 2.09. The summed E-state index contributed by atoms with van der Waals surface area (Å²) in [5.41, 5.74) is 0. The molecule has 0 aliphatic rings. The Balaban J connectivity index is 2.36. The van der Waals surface area contributed by atoms with E-state index < -0.39 is 0 Å². The highest BCUT2D eigenvalue weighted by molar-refractivity contribution is 4.94. The summed E-state index contributed by atoms with van der Waals surface area (Å²) >= 11 is 0. The largest absolute Gasteiger partial charge is 0.382 e. The molecule has 1 heterocycles. The van der Waals surface area contributed by atoms with E-state index in [0.29, 0.717) is 6.04 Å². The van der Waals surface area contributed by atoms with Crippen molar-refractivity contribution in [1.82, 2.24) is 14.9 Å². The lowest BCUT2D eigenvalue weighted by atomic mass is 10.1. The third-order valence-corrected chi connectivity index (χ3v) is 2.57. The minimum atomic E-state index is 0.442. The van der Waals surface area contributed by atoms with Gasteiger partial charge >= 0.3 is 0 Å². The van der Waals surface area contributed by atoms with Crippen LogP contribution in [-0.4, -0.2) is 35.9 Å². The molecule has 0 amide bonds. The SMILES string of the molecule is CCOCCC(Cc1nccn1C)NC. The van der Waals surface area contributed by atoms with Gasteiger partial charge in [0.2, 0.25) is 0 Å². The second-order valence-electron chi connectivity index (χ2n) is 3.63. The Bertz CT molecular complexity index is 273. The number of nitrogens with zero attached hydrogens (tertiary/aromatic N) is 2. The minimum Gasteiger partial charge on any atom is -0.382 e. The van der Waals surface area contributed by atoms with Gasteiger partial charge in [-0.15, -0.1) is 0 Å². The first-order chi connectivity index (χ1) is 7.27. The first kappa shape index (κ1) is 12.2. The number of imidazole rings is 1. The summed E-state index contributed by atoms with van der Waals surface area (Å²) in [5, 5.41) is 3.29. The molecule has 0 spiro atoms. The second-order valence-corrected chi connectivity index (χ2v) is 3.63. The van der Waals surface area contributed by atoms with Gasteiger partial charge in [0, 0.05) is 45.1 Å². The zero-order valence-electron chi connectivity index (χ0n) is 9.86. The molecule has 4 heteroatoms. The maximum atomic E-state index is 5.35. The van der Waals surface area contributed by atoms with Crippen molar-refractivity contribution in [3.05, 3.63) is 18.2 Å². The normalized spacial score (nSPS) is 13.0. The molecule has 4 nitrogen and oxygen atoms in total. The van der Waals surface area contributed by atoms with E-state index in [1.165, 1.54) is 0 Å². The maximum Gasteiger partial charge on any atom is 0.109 e. The van der Waals surface area contributed by atoms with E-state index in [9.17, 15) is 0 Å². The van der Waals surface area contributed by atoms with Crippen molar-refractivity contribution in [2.75, 3.05) is 20.3 Å². The van der Waals surface area contributed by atoms with Crippen molar-refractivity contribution in [3.63, 3.8) is 0 Å². The third-order valence-electron chi connectivity index (χ3n) is 2.57. The molecule has 15 heavy (non-hydrogen) atoms. The third kappa shape index (κ3) is 4.01. The van der Waals surface area contributed by atoms with Crippen LogP contribution in [0.25, 0.3) is 0 Å². The number of aryl methyl sites for hydroxylation is 1. The predicted octanol–water partition coefficient (Wildman–Crippen LogP) is 0.977. The van der Waals surface area contributed by atoms with Crippen molar-refractivity contribution < 1.29 is 4.74 Å². The number of nitrogens with one attached hydrogen (secondary N) is 1. The summed E-state index contributed by atoms with van der Waals surface area (Å²) in [6.07, 6.45) is 5.79. The van der Waals surface area contributed by atoms with E-state index in [-0.39, 0.29) is 0 Å². The van der Waals surface area contributed by atoms with Crippen molar-refractivity contribution in [3.8, 4) is 0 Å². The molecule has 1 aromatic heterocycles. The summed E-state index contributed by atoms with van der Waals surface area (Å²) in [5.74, 6) is 1.12. The molecule has 0 radical (unpaired) electrons. The molecular weight excluding hydrogens is 190 g/mol. The lowest BCUT2D eigenvalue weighted by Gasteiger charge is -2.15. The Hall–Kier alpha value is -0.870. The van der Waals surface area contributed by atoms with Crippen molar-refractivity contribution in [2.24, 2.45) is 7.05 Å². The highest BCUT2D eigenvalue weighted by Crippen LogP contribution is 2.03. The second kappa shape index (κ2) is 6.58. The lowest BCUT2D eigenvalue weighted by Crippen LogP contribution is -2.30. The fourth-order valence-electron chi connectivity index (χ4n) is 1.53. The fourth-order valence-corrected chi connectivity index (χ4v) is 1.53. The molecule has 86 valence electrons. The first-order valence-corrected chi connectivity index (χ1v) is 5.49. The topological polar surface area (TPSA) is 39.1 Å². The molecule has 0 aliphatic carbocycles. The zero-order chi connectivity index (χ0) is 11.1. The molecule has 1 atom stereocenters. The summed E-state index contributed by atoms with van der Waals surface area (Å²) in [7, 11) is 4.01. The van der Waals surface area contributed by atoms with Crippen LogP contribution in [0.15, 0.2) is 12.4 Å². The van der Waals surface area contributed by atoms with Crippen LogP contribution in [0.2, 0.25) is 0 Å². The zero-order valence-corrected chi connectivity index (χ0v) is 9.86. The van der Waals surface area contributed by atoms with Gasteiger partial charge in [0.05, 0.1) is 0 Å². The van der Waals surface area contributed by atoms with Gasteiger partial charge in [-0.1, -0.05) is 0 Å². The van der Waals surface area contributed by atoms with Gasteiger partial charge in [-0.3, -0.25) is 0 Å². The van der Waals surface area contributed by atoms with Crippen LogP contribution in [-0.2, 0) is 18.2 Å². The molecule has 0 bridgehead atoms. The van der Waals surface area contributed by atoms with Gasteiger partial charge in [-0.05, 0) is 20.4 Å². The van der Waals surface area contributed by atoms with Crippen LogP contribution in [0, 0.1) is 0 Å². The van der Waals surface area contributed by atoms with Crippen molar-refractivity contribution in [2.45, 2.75) is 25.8 Å². The van der Waals surface area contributed by atoms with Gasteiger partial charge in [0.1, 0.15) is 5.82 Å². The van der Waals surface area contributed by atoms with Gasteiger partial charge < -0.3 is 14.6 Å². The van der Waals surface area contributed by atoms with Crippen LogP contribution in [0.3, 0.4) is 0 Å².